The van der Waals surface area contributed by atoms with Crippen molar-refractivity contribution in [1.29, 1.82) is 0 Å². The standard InChI is InChI=1S/C19H21FN2O3/c1-24-16-5-2-4-14(10-16)12-22(13-17-6-3-9-25-17)19(23)18-8-7-15(20)11-21-18/h2,4-5,7-8,10-11,17H,3,6,9,12-13H2,1H3. The smallest absolute Gasteiger partial charge is 0.272 e. The van der Waals surface area contributed by atoms with E-state index in [2.05, 4.69) is 4.98 Å². The Morgan fingerprint density at radius 1 is 1.40 bits per heavy atom. The minimum Gasteiger partial charge on any atom is -0.497 e. The van der Waals surface area contributed by atoms with Crippen LogP contribution in [0.4, 0.5) is 4.39 Å². The van der Waals surface area contributed by atoms with Crippen molar-refractivity contribution in [2.24, 2.45) is 0 Å². The molecular formula is C19H21FN2O3. The number of nitrogens with zero attached hydrogens (tertiary/aromatic N) is 2. The number of benzene rings is 1. The van der Waals surface area contributed by atoms with Gasteiger partial charge < -0.3 is 14.4 Å². The molecule has 1 aromatic heterocycles. The van der Waals surface area contributed by atoms with Gasteiger partial charge in [0, 0.05) is 19.7 Å². The number of hydrogen-bond acceptors (Lipinski definition) is 4. The van der Waals surface area contributed by atoms with Crippen LogP contribution in [-0.4, -0.2) is 42.2 Å². The van der Waals surface area contributed by atoms with Gasteiger partial charge in [-0.1, -0.05) is 12.1 Å². The highest BCUT2D eigenvalue weighted by molar-refractivity contribution is 5.92. The first kappa shape index (κ1) is 17.4. The molecule has 0 spiro atoms. The number of rotatable bonds is 6. The highest BCUT2D eigenvalue weighted by Gasteiger charge is 2.24. The van der Waals surface area contributed by atoms with Crippen molar-refractivity contribution >= 4 is 5.91 Å². The molecule has 25 heavy (non-hydrogen) atoms. The molecule has 1 aliphatic rings. The SMILES string of the molecule is COc1cccc(CN(CC2CCCO2)C(=O)c2ccc(F)cn2)c1. The molecule has 2 heterocycles. The van der Waals surface area contributed by atoms with E-state index in [4.69, 9.17) is 9.47 Å². The van der Waals surface area contributed by atoms with Gasteiger partial charge >= 0.3 is 0 Å². The first-order chi connectivity index (χ1) is 12.2. The van der Waals surface area contributed by atoms with Gasteiger partial charge in [0.1, 0.15) is 17.3 Å². The highest BCUT2D eigenvalue weighted by atomic mass is 19.1. The van der Waals surface area contributed by atoms with Gasteiger partial charge in [-0.2, -0.15) is 0 Å². The number of ether oxygens (including phenoxy) is 2. The van der Waals surface area contributed by atoms with Crippen LogP contribution in [0.3, 0.4) is 0 Å². The Balaban J connectivity index is 1.80. The summed E-state index contributed by atoms with van der Waals surface area (Å²) in [5.41, 5.74) is 1.18. The lowest BCUT2D eigenvalue weighted by atomic mass is 10.1. The number of amides is 1. The monoisotopic (exact) mass is 344 g/mol. The van der Waals surface area contributed by atoms with Gasteiger partial charge in [-0.25, -0.2) is 9.37 Å². The molecule has 1 fully saturated rings. The van der Waals surface area contributed by atoms with E-state index in [0.29, 0.717) is 13.1 Å². The fraction of sp³-hybridized carbons (Fsp3) is 0.368. The summed E-state index contributed by atoms with van der Waals surface area (Å²) in [4.78, 5) is 18.5. The fourth-order valence-corrected chi connectivity index (χ4v) is 2.91. The topological polar surface area (TPSA) is 51.7 Å². The molecule has 5 nitrogen and oxygen atoms in total. The largest absolute Gasteiger partial charge is 0.497 e. The zero-order valence-corrected chi connectivity index (χ0v) is 14.2. The van der Waals surface area contributed by atoms with Crippen molar-refractivity contribution in [3.05, 3.63) is 59.7 Å². The third-order valence-corrected chi connectivity index (χ3v) is 4.19. The van der Waals surface area contributed by atoms with E-state index in [0.717, 1.165) is 37.0 Å². The molecule has 3 rings (SSSR count). The summed E-state index contributed by atoms with van der Waals surface area (Å²) >= 11 is 0. The van der Waals surface area contributed by atoms with Crippen molar-refractivity contribution in [1.82, 2.24) is 9.88 Å². The van der Waals surface area contributed by atoms with Crippen molar-refractivity contribution in [2.45, 2.75) is 25.5 Å². The van der Waals surface area contributed by atoms with Gasteiger partial charge in [-0.15, -0.1) is 0 Å². The van der Waals surface area contributed by atoms with E-state index in [9.17, 15) is 9.18 Å². The van der Waals surface area contributed by atoms with Crippen LogP contribution in [0.5, 0.6) is 5.75 Å². The first-order valence-electron chi connectivity index (χ1n) is 8.31. The summed E-state index contributed by atoms with van der Waals surface area (Å²) in [7, 11) is 1.61. The van der Waals surface area contributed by atoms with Crippen molar-refractivity contribution < 1.29 is 18.7 Å². The molecule has 0 bridgehead atoms. The van der Waals surface area contributed by atoms with Crippen LogP contribution in [0.25, 0.3) is 0 Å². The van der Waals surface area contributed by atoms with E-state index in [-0.39, 0.29) is 17.7 Å². The third kappa shape index (κ3) is 4.54. The Kier molecular flexibility index (Phi) is 5.60. The average Bonchev–Trinajstić information content (AvgIpc) is 3.14. The van der Waals surface area contributed by atoms with Gasteiger partial charge in [0.05, 0.1) is 19.4 Å². The molecule has 1 aromatic carbocycles. The lowest BCUT2D eigenvalue weighted by Crippen LogP contribution is -2.37. The first-order valence-corrected chi connectivity index (χ1v) is 8.31. The van der Waals surface area contributed by atoms with Crippen molar-refractivity contribution in [3.63, 3.8) is 0 Å². The van der Waals surface area contributed by atoms with Gasteiger partial charge in [-0.3, -0.25) is 4.79 Å². The molecule has 1 aliphatic heterocycles. The normalized spacial score (nSPS) is 16.6. The lowest BCUT2D eigenvalue weighted by Gasteiger charge is -2.25. The van der Waals surface area contributed by atoms with Crippen LogP contribution in [0.1, 0.15) is 28.9 Å². The minimum absolute atomic E-state index is 0.0232. The number of pyridine rings is 1. The second-order valence-corrected chi connectivity index (χ2v) is 6.03. The minimum atomic E-state index is -0.463. The lowest BCUT2D eigenvalue weighted by molar-refractivity contribution is 0.0502. The highest BCUT2D eigenvalue weighted by Crippen LogP contribution is 2.19. The Morgan fingerprint density at radius 3 is 2.96 bits per heavy atom. The molecule has 0 saturated carbocycles. The summed E-state index contributed by atoms with van der Waals surface area (Å²) in [5, 5.41) is 0. The van der Waals surface area contributed by atoms with Gasteiger partial charge in [-0.05, 0) is 42.7 Å². The number of carbonyl (C=O) groups is 1. The Labute approximate surface area is 146 Å². The zero-order chi connectivity index (χ0) is 17.6. The molecular weight excluding hydrogens is 323 g/mol. The predicted octanol–water partition coefficient (Wildman–Crippen LogP) is 3.05. The van der Waals surface area contributed by atoms with Gasteiger partial charge in [0.15, 0.2) is 0 Å². The molecule has 132 valence electrons. The van der Waals surface area contributed by atoms with E-state index in [1.165, 1.54) is 12.1 Å². The number of methoxy groups -OCH3 is 1. The summed E-state index contributed by atoms with van der Waals surface area (Å²) in [5.74, 6) is 0.0373. The summed E-state index contributed by atoms with van der Waals surface area (Å²) in [6.07, 6.45) is 3.01. The van der Waals surface area contributed by atoms with Crippen LogP contribution >= 0.6 is 0 Å². The number of halogens is 1. The van der Waals surface area contributed by atoms with Crippen LogP contribution in [0, 0.1) is 5.82 Å². The van der Waals surface area contributed by atoms with Crippen LogP contribution < -0.4 is 4.74 Å². The third-order valence-electron chi connectivity index (χ3n) is 4.19. The quantitative estimate of drug-likeness (QED) is 0.808. The fourth-order valence-electron chi connectivity index (χ4n) is 2.91. The maximum atomic E-state index is 13.1. The second kappa shape index (κ2) is 8.07. The molecule has 1 unspecified atom stereocenters. The molecule has 0 N–H and O–H groups in total. The van der Waals surface area contributed by atoms with Crippen molar-refractivity contribution in [2.75, 3.05) is 20.3 Å². The van der Waals surface area contributed by atoms with Crippen LogP contribution in [0.2, 0.25) is 0 Å². The maximum absolute atomic E-state index is 13.1. The van der Waals surface area contributed by atoms with Crippen LogP contribution in [0.15, 0.2) is 42.6 Å². The molecule has 0 radical (unpaired) electrons. The number of aromatic nitrogens is 1. The van der Waals surface area contributed by atoms with E-state index >= 15 is 0 Å². The Morgan fingerprint density at radius 2 is 2.28 bits per heavy atom. The predicted molar refractivity (Wildman–Crippen MR) is 90.9 cm³/mol. The second-order valence-electron chi connectivity index (χ2n) is 6.03. The van der Waals surface area contributed by atoms with E-state index in [1.54, 1.807) is 12.0 Å². The summed E-state index contributed by atoms with van der Waals surface area (Å²) in [6.45, 7) is 1.62. The molecule has 1 atom stereocenters. The van der Waals surface area contributed by atoms with Gasteiger partial charge in [0.2, 0.25) is 0 Å². The van der Waals surface area contributed by atoms with E-state index in [1.807, 2.05) is 24.3 Å². The summed E-state index contributed by atoms with van der Waals surface area (Å²) in [6, 6.07) is 10.2. The van der Waals surface area contributed by atoms with Gasteiger partial charge in [0.25, 0.3) is 5.91 Å². The molecule has 6 heteroatoms. The number of hydrogen-bond donors (Lipinski definition) is 0. The molecule has 2 aromatic rings. The van der Waals surface area contributed by atoms with E-state index < -0.39 is 5.82 Å². The molecule has 1 saturated heterocycles. The average molecular weight is 344 g/mol. The molecule has 0 aliphatic carbocycles. The maximum Gasteiger partial charge on any atom is 0.272 e. The van der Waals surface area contributed by atoms with Crippen LogP contribution in [-0.2, 0) is 11.3 Å². The Bertz CT molecular complexity index is 715. The number of carbonyl (C=O) groups excluding carboxylic acids is 1. The summed E-state index contributed by atoms with van der Waals surface area (Å²) < 4.78 is 24.0. The van der Waals surface area contributed by atoms with Crippen molar-refractivity contribution in [3.8, 4) is 5.75 Å². The molecule has 1 amide bonds. The zero-order valence-electron chi connectivity index (χ0n) is 14.2. The Hall–Kier alpha value is -2.47.